The number of carbonyl (C=O) groups excluding carboxylic acids is 1. The highest BCUT2D eigenvalue weighted by atomic mass is 32.2. The lowest BCUT2D eigenvalue weighted by Crippen LogP contribution is -2.42. The summed E-state index contributed by atoms with van der Waals surface area (Å²) in [5, 5.41) is 12.6. The molecule has 54 heavy (non-hydrogen) atoms. The minimum absolute atomic E-state index is 0.139. The number of ether oxygens (including phenoxy) is 1. The van der Waals surface area contributed by atoms with E-state index in [2.05, 4.69) is 16.8 Å². The van der Waals surface area contributed by atoms with Crippen molar-refractivity contribution < 1.29 is 44.7 Å². The largest absolute Gasteiger partial charge is 0.480 e. The fraction of sp³-hybridized carbons (Fsp3) is 0.385. The number of nitrogens with zero attached hydrogens (tertiary/aromatic N) is 1. The molecular formula is C39H52N2O10S3. The van der Waals surface area contributed by atoms with E-state index in [0.717, 1.165) is 34.6 Å². The van der Waals surface area contributed by atoms with Crippen molar-refractivity contribution in [3.63, 3.8) is 0 Å². The Morgan fingerprint density at radius 3 is 2.13 bits per heavy atom. The van der Waals surface area contributed by atoms with Gasteiger partial charge in [0.1, 0.15) is 15.9 Å². The van der Waals surface area contributed by atoms with Crippen molar-refractivity contribution in [2.24, 2.45) is 0 Å². The molecule has 1 saturated heterocycles. The molecule has 1 fully saturated rings. The number of benzene rings is 3. The van der Waals surface area contributed by atoms with Crippen LogP contribution in [-0.2, 0) is 45.6 Å². The number of allylic oxidation sites excluding steroid dienone is 2. The molecule has 0 radical (unpaired) electrons. The number of sulfone groups is 3. The van der Waals surface area contributed by atoms with Gasteiger partial charge in [0, 0.05) is 49.7 Å². The zero-order chi connectivity index (χ0) is 40.7. The predicted molar refractivity (Wildman–Crippen MR) is 213 cm³/mol. The average molecular weight is 805 g/mol. The molecule has 1 aliphatic heterocycles. The highest BCUT2D eigenvalue weighted by molar-refractivity contribution is 7.93. The normalized spacial score (nSPS) is 16.7. The molecule has 15 heteroatoms. The molecule has 2 N–H and O–H groups in total. The van der Waals surface area contributed by atoms with Gasteiger partial charge in [0.05, 0.1) is 22.5 Å². The smallest absolute Gasteiger partial charge is 0.326 e. The van der Waals surface area contributed by atoms with Crippen LogP contribution < -0.4 is 5.32 Å². The summed E-state index contributed by atoms with van der Waals surface area (Å²) in [7, 11) is -8.34. The molecule has 3 atom stereocenters. The molecule has 2 unspecified atom stereocenters. The van der Waals surface area contributed by atoms with Crippen LogP contribution in [0.1, 0.15) is 48.2 Å². The minimum atomic E-state index is -3.56. The van der Waals surface area contributed by atoms with E-state index < -0.39 is 52.7 Å². The summed E-state index contributed by atoms with van der Waals surface area (Å²) >= 11 is 0. The molecule has 0 saturated carbocycles. The molecule has 0 bridgehead atoms. The van der Waals surface area contributed by atoms with Gasteiger partial charge in [-0.2, -0.15) is 0 Å². The van der Waals surface area contributed by atoms with Gasteiger partial charge in [-0.15, -0.1) is 0 Å². The lowest BCUT2D eigenvalue weighted by atomic mass is 9.93. The van der Waals surface area contributed by atoms with Crippen molar-refractivity contribution in [1.29, 1.82) is 0 Å². The number of nitrogens with one attached hydrogen (secondary N) is 1. The summed E-state index contributed by atoms with van der Waals surface area (Å²) in [6.07, 6.45) is 5.10. The monoisotopic (exact) mass is 804 g/mol. The molecule has 0 spiro atoms. The van der Waals surface area contributed by atoms with Crippen LogP contribution in [0.15, 0.2) is 102 Å². The van der Waals surface area contributed by atoms with E-state index in [1.165, 1.54) is 12.2 Å². The molecule has 3 aromatic rings. The zero-order valence-corrected chi connectivity index (χ0v) is 34.1. The van der Waals surface area contributed by atoms with E-state index in [4.69, 9.17) is 4.74 Å². The maximum atomic E-state index is 13.5. The third kappa shape index (κ3) is 14.3. The summed E-state index contributed by atoms with van der Waals surface area (Å²) < 4.78 is 76.1. The Hall–Kier alpha value is -4.15. The van der Waals surface area contributed by atoms with Crippen molar-refractivity contribution in [3.05, 3.63) is 114 Å². The predicted octanol–water partition coefficient (Wildman–Crippen LogP) is 5.10. The highest BCUT2D eigenvalue weighted by Gasteiger charge is 2.40. The second-order valence-corrected chi connectivity index (χ2v) is 19.0. The van der Waals surface area contributed by atoms with Gasteiger partial charge in [0.25, 0.3) is 5.91 Å². The number of aliphatic carboxylic acids is 1. The number of rotatable bonds is 15. The van der Waals surface area contributed by atoms with Gasteiger partial charge >= 0.3 is 5.97 Å². The van der Waals surface area contributed by atoms with Gasteiger partial charge in [-0.25, -0.2) is 30.0 Å². The standard InChI is InChI=1S/C32H38N2O8S2.C5H8O2S.C2H6/c1-22-9-7-8-12-27(22)29-17-23(13-14-28(29)31(35)33-30(32(36)37)15-16-43(3,38)39)19-34-20-26(18-24(34)21-42-2)44(40,41)25-10-5-4-6-11-25;1-3-4-5-8(2,6)7;1-2/h4-14,17,24,26,30H,15-16,18-21H2,1-3H3,(H,33,35)(H,36,37);3-5H,1H2,2H3;1-2H3/b;5-4+;/t24-,26?,30?;;/m0../s1. The fourth-order valence-corrected chi connectivity index (χ4v) is 8.61. The molecule has 1 amide bonds. The maximum absolute atomic E-state index is 13.5. The van der Waals surface area contributed by atoms with Crippen molar-refractivity contribution >= 4 is 41.4 Å². The first kappa shape index (κ1) is 46.0. The summed E-state index contributed by atoms with van der Waals surface area (Å²) in [5.74, 6) is -2.34. The van der Waals surface area contributed by atoms with Crippen molar-refractivity contribution in [3.8, 4) is 11.1 Å². The van der Waals surface area contributed by atoms with Crippen LogP contribution in [0.5, 0.6) is 0 Å². The topological polar surface area (TPSA) is 181 Å². The average Bonchev–Trinajstić information content (AvgIpc) is 3.52. The van der Waals surface area contributed by atoms with Crippen LogP contribution in [0.4, 0.5) is 0 Å². The van der Waals surface area contributed by atoms with E-state index in [9.17, 15) is 39.9 Å². The number of carboxylic acid groups (broad SMARTS) is 1. The van der Waals surface area contributed by atoms with E-state index in [-0.39, 0.29) is 28.7 Å². The lowest BCUT2D eigenvalue weighted by Gasteiger charge is -2.24. The molecule has 12 nitrogen and oxygen atoms in total. The lowest BCUT2D eigenvalue weighted by molar-refractivity contribution is -0.139. The molecule has 296 valence electrons. The van der Waals surface area contributed by atoms with Crippen LogP contribution in [0.3, 0.4) is 0 Å². The van der Waals surface area contributed by atoms with Gasteiger partial charge in [-0.1, -0.05) is 81.1 Å². The second-order valence-electron chi connectivity index (χ2n) is 12.6. The van der Waals surface area contributed by atoms with Crippen molar-refractivity contribution in [2.45, 2.75) is 62.4 Å². The molecule has 1 aliphatic rings. The van der Waals surface area contributed by atoms with Crippen molar-refractivity contribution in [1.82, 2.24) is 10.2 Å². The van der Waals surface area contributed by atoms with Gasteiger partial charge < -0.3 is 15.2 Å². The SMILES string of the molecule is C=C/C=C/S(C)(=O)=O.CC.COC[C@@H]1CC(S(=O)(=O)c2ccccc2)CN1Cc1ccc(C(=O)NC(CCS(C)(=O)=O)C(=O)O)c(-c2ccccc2C)c1. The number of likely N-dealkylation sites (tertiary alicyclic amines) is 1. The molecular weight excluding hydrogens is 753 g/mol. The maximum Gasteiger partial charge on any atom is 0.326 e. The summed E-state index contributed by atoms with van der Waals surface area (Å²) in [5.41, 5.74) is 3.35. The first-order chi connectivity index (χ1) is 25.4. The molecule has 4 rings (SSSR count). The number of carboxylic acids is 1. The summed E-state index contributed by atoms with van der Waals surface area (Å²) in [6.45, 7) is 10.3. The Morgan fingerprint density at radius 2 is 1.59 bits per heavy atom. The Balaban J connectivity index is 0.000000893. The minimum Gasteiger partial charge on any atom is -0.480 e. The highest BCUT2D eigenvalue weighted by Crippen LogP contribution is 2.32. The quantitative estimate of drug-likeness (QED) is 0.195. The number of aryl methyl sites for hydroxylation is 1. The number of hydrogen-bond acceptors (Lipinski definition) is 10. The van der Waals surface area contributed by atoms with E-state index in [1.54, 1.807) is 49.6 Å². The second kappa shape index (κ2) is 21.1. The molecule has 0 aliphatic carbocycles. The fourth-order valence-electron chi connectivity index (χ4n) is 5.77. The van der Waals surface area contributed by atoms with Gasteiger partial charge in [-0.3, -0.25) is 9.69 Å². The third-order valence-corrected chi connectivity index (χ3v) is 12.1. The third-order valence-electron chi connectivity index (χ3n) is 8.35. The Labute approximate surface area is 320 Å². The van der Waals surface area contributed by atoms with Crippen LogP contribution in [0.25, 0.3) is 11.1 Å². The Bertz CT molecular complexity index is 2080. The zero-order valence-electron chi connectivity index (χ0n) is 31.6. The summed E-state index contributed by atoms with van der Waals surface area (Å²) in [6, 6.07) is 19.7. The van der Waals surface area contributed by atoms with Gasteiger partial charge in [0.2, 0.25) is 0 Å². The van der Waals surface area contributed by atoms with E-state index in [0.29, 0.717) is 31.7 Å². The number of carbonyl (C=O) groups is 2. The van der Waals surface area contributed by atoms with Crippen LogP contribution >= 0.6 is 0 Å². The number of methoxy groups -OCH3 is 1. The number of amides is 1. The Kier molecular flexibility index (Phi) is 18.0. The summed E-state index contributed by atoms with van der Waals surface area (Å²) in [4.78, 5) is 27.7. The molecule has 1 heterocycles. The van der Waals surface area contributed by atoms with Crippen LogP contribution in [0.2, 0.25) is 0 Å². The molecule has 3 aromatic carbocycles. The van der Waals surface area contributed by atoms with Crippen molar-refractivity contribution in [2.75, 3.05) is 38.5 Å². The van der Waals surface area contributed by atoms with Gasteiger partial charge in [-0.05, 0) is 66.3 Å². The number of hydrogen-bond donors (Lipinski definition) is 2. The molecule has 0 aromatic heterocycles. The Morgan fingerprint density at radius 1 is 0.963 bits per heavy atom. The first-order valence-corrected chi connectivity index (χ1v) is 22.8. The van der Waals surface area contributed by atoms with Crippen LogP contribution in [0, 0.1) is 6.92 Å². The van der Waals surface area contributed by atoms with E-state index in [1.807, 2.05) is 51.1 Å². The van der Waals surface area contributed by atoms with Gasteiger partial charge in [0.15, 0.2) is 19.7 Å². The van der Waals surface area contributed by atoms with Crippen LogP contribution in [-0.4, -0.2) is 103 Å². The van der Waals surface area contributed by atoms with E-state index >= 15 is 0 Å². The first-order valence-electron chi connectivity index (χ1n) is 17.3.